The van der Waals surface area contributed by atoms with Crippen LogP contribution in [0.1, 0.15) is 35.7 Å². The summed E-state index contributed by atoms with van der Waals surface area (Å²) in [5.74, 6) is -1.14. The molecule has 1 aliphatic heterocycles. The molecule has 7 heteroatoms. The number of alkyl halides is 3. The Morgan fingerprint density at radius 3 is 2.33 bits per heavy atom. The largest absolute Gasteiger partial charge is 0.481 e. The third kappa shape index (κ3) is 4.86. The number of carboxylic acid groups (broad SMARTS) is 1. The van der Waals surface area contributed by atoms with E-state index in [0.29, 0.717) is 32.4 Å². The highest BCUT2D eigenvalue weighted by Gasteiger charge is 2.32. The van der Waals surface area contributed by atoms with Crippen molar-refractivity contribution in [2.24, 2.45) is 5.92 Å². The van der Waals surface area contributed by atoms with E-state index in [0.717, 1.165) is 23.4 Å². The smallest absolute Gasteiger partial charge is 0.416 e. The van der Waals surface area contributed by atoms with Gasteiger partial charge in [0.2, 0.25) is 0 Å². The number of carboxylic acids is 1. The summed E-state index contributed by atoms with van der Waals surface area (Å²) in [6.45, 7) is 1.19. The molecule has 0 radical (unpaired) electrons. The van der Waals surface area contributed by atoms with Crippen molar-refractivity contribution in [2.45, 2.75) is 31.5 Å². The number of aromatic nitrogens is 1. The van der Waals surface area contributed by atoms with Crippen LogP contribution in [0.25, 0.3) is 0 Å². The van der Waals surface area contributed by atoms with Crippen molar-refractivity contribution in [2.75, 3.05) is 13.1 Å². The Kier molecular flexibility index (Phi) is 5.79. The van der Waals surface area contributed by atoms with Crippen LogP contribution in [0.4, 0.5) is 13.2 Å². The molecule has 2 heterocycles. The van der Waals surface area contributed by atoms with Gasteiger partial charge in [-0.05, 0) is 55.8 Å². The molecule has 1 atom stereocenters. The lowest BCUT2D eigenvalue weighted by Gasteiger charge is -2.37. The Balaban J connectivity index is 1.83. The first-order valence-electron chi connectivity index (χ1n) is 8.88. The van der Waals surface area contributed by atoms with Gasteiger partial charge in [0, 0.05) is 24.4 Å². The number of likely N-dealkylation sites (tertiary alicyclic amines) is 1. The second kappa shape index (κ2) is 8.08. The summed E-state index contributed by atoms with van der Waals surface area (Å²) in [6.07, 6.45) is -1.04. The highest BCUT2D eigenvalue weighted by atomic mass is 19.4. The van der Waals surface area contributed by atoms with Crippen molar-refractivity contribution >= 4 is 5.97 Å². The quantitative estimate of drug-likeness (QED) is 0.848. The van der Waals surface area contributed by atoms with Crippen LogP contribution in [0.15, 0.2) is 48.7 Å². The molecule has 1 fully saturated rings. The van der Waals surface area contributed by atoms with Crippen LogP contribution >= 0.6 is 0 Å². The number of rotatable bonds is 5. The molecule has 1 unspecified atom stereocenters. The summed E-state index contributed by atoms with van der Waals surface area (Å²) in [7, 11) is 0. The average Bonchev–Trinajstić information content (AvgIpc) is 2.66. The first kappa shape index (κ1) is 19.4. The van der Waals surface area contributed by atoms with E-state index in [1.54, 1.807) is 6.20 Å². The van der Waals surface area contributed by atoms with E-state index in [1.165, 1.54) is 12.1 Å². The molecular weight excluding hydrogens is 357 g/mol. The lowest BCUT2D eigenvalue weighted by molar-refractivity contribution is -0.143. The molecule has 1 aromatic heterocycles. The van der Waals surface area contributed by atoms with Gasteiger partial charge in [0.25, 0.3) is 0 Å². The summed E-state index contributed by atoms with van der Waals surface area (Å²) in [6, 6.07) is 10.7. The molecule has 27 heavy (non-hydrogen) atoms. The summed E-state index contributed by atoms with van der Waals surface area (Å²) in [5.41, 5.74) is 0.956. The van der Waals surface area contributed by atoms with E-state index in [9.17, 15) is 23.1 Å². The van der Waals surface area contributed by atoms with E-state index in [4.69, 9.17) is 0 Å². The Labute approximate surface area is 155 Å². The predicted octanol–water partition coefficient (Wildman–Crippen LogP) is 4.18. The number of piperidine rings is 1. The molecule has 144 valence electrons. The van der Waals surface area contributed by atoms with Gasteiger partial charge in [-0.25, -0.2) is 0 Å². The standard InChI is InChI=1S/C20H21F3N2O2/c21-20(22,23)16-6-4-14(5-7-16)18(13-17-3-1-2-10-24-17)25-11-8-15(9-12-25)19(26)27/h1-7,10,15,18H,8-9,11-13H2,(H,26,27). The summed E-state index contributed by atoms with van der Waals surface area (Å²) in [4.78, 5) is 17.7. The summed E-state index contributed by atoms with van der Waals surface area (Å²) in [5, 5.41) is 9.19. The predicted molar refractivity (Wildman–Crippen MR) is 94.1 cm³/mol. The highest BCUT2D eigenvalue weighted by molar-refractivity contribution is 5.70. The number of aliphatic carboxylic acids is 1. The molecule has 1 aliphatic rings. The Morgan fingerprint density at radius 2 is 1.81 bits per heavy atom. The third-order valence-corrected chi connectivity index (χ3v) is 5.07. The van der Waals surface area contributed by atoms with Crippen molar-refractivity contribution < 1.29 is 23.1 Å². The maximum absolute atomic E-state index is 12.9. The van der Waals surface area contributed by atoms with Gasteiger partial charge in [-0.2, -0.15) is 13.2 Å². The van der Waals surface area contributed by atoms with Gasteiger partial charge in [-0.1, -0.05) is 18.2 Å². The van der Waals surface area contributed by atoms with E-state index < -0.39 is 17.7 Å². The maximum Gasteiger partial charge on any atom is 0.416 e. The molecule has 0 bridgehead atoms. The normalized spacial score (nSPS) is 17.6. The first-order valence-corrected chi connectivity index (χ1v) is 8.88. The molecule has 1 N–H and O–H groups in total. The molecule has 0 amide bonds. The van der Waals surface area contributed by atoms with Crippen LogP contribution in [-0.4, -0.2) is 34.0 Å². The van der Waals surface area contributed by atoms with Gasteiger partial charge in [0.1, 0.15) is 0 Å². The van der Waals surface area contributed by atoms with E-state index in [1.807, 2.05) is 18.2 Å². The fourth-order valence-corrected chi connectivity index (χ4v) is 3.53. The number of pyridine rings is 1. The van der Waals surface area contributed by atoms with Crippen LogP contribution in [0.3, 0.4) is 0 Å². The van der Waals surface area contributed by atoms with Gasteiger partial charge in [-0.15, -0.1) is 0 Å². The second-order valence-corrected chi connectivity index (χ2v) is 6.81. The monoisotopic (exact) mass is 378 g/mol. The van der Waals surface area contributed by atoms with Crippen molar-refractivity contribution in [3.63, 3.8) is 0 Å². The lowest BCUT2D eigenvalue weighted by Crippen LogP contribution is -2.39. The molecule has 3 rings (SSSR count). The van der Waals surface area contributed by atoms with Gasteiger partial charge in [-0.3, -0.25) is 14.7 Å². The fraction of sp³-hybridized carbons (Fsp3) is 0.400. The Hall–Kier alpha value is -2.41. The fourth-order valence-electron chi connectivity index (χ4n) is 3.53. The molecule has 0 aliphatic carbocycles. The van der Waals surface area contributed by atoms with Crippen LogP contribution in [0.5, 0.6) is 0 Å². The van der Waals surface area contributed by atoms with E-state index in [2.05, 4.69) is 9.88 Å². The average molecular weight is 378 g/mol. The van der Waals surface area contributed by atoms with Crippen LogP contribution in [0, 0.1) is 5.92 Å². The Morgan fingerprint density at radius 1 is 1.15 bits per heavy atom. The molecule has 0 spiro atoms. The van der Waals surface area contributed by atoms with Crippen molar-refractivity contribution in [1.82, 2.24) is 9.88 Å². The summed E-state index contributed by atoms with van der Waals surface area (Å²) < 4.78 is 38.6. The zero-order valence-corrected chi connectivity index (χ0v) is 14.7. The minimum absolute atomic E-state index is 0.142. The number of hydrogen-bond donors (Lipinski definition) is 1. The molecule has 1 saturated heterocycles. The van der Waals surface area contributed by atoms with Gasteiger partial charge >= 0.3 is 12.1 Å². The molecule has 0 saturated carbocycles. The van der Waals surface area contributed by atoms with Gasteiger partial charge in [0.05, 0.1) is 11.5 Å². The number of hydrogen-bond acceptors (Lipinski definition) is 3. The minimum atomic E-state index is -4.37. The number of halogens is 3. The molecule has 4 nitrogen and oxygen atoms in total. The van der Waals surface area contributed by atoms with E-state index in [-0.39, 0.29) is 12.0 Å². The summed E-state index contributed by atoms with van der Waals surface area (Å²) >= 11 is 0. The lowest BCUT2D eigenvalue weighted by atomic mass is 9.92. The Bertz CT molecular complexity index is 755. The minimum Gasteiger partial charge on any atom is -0.481 e. The van der Waals surface area contributed by atoms with Crippen molar-refractivity contribution in [1.29, 1.82) is 0 Å². The van der Waals surface area contributed by atoms with Crippen LogP contribution in [0.2, 0.25) is 0 Å². The van der Waals surface area contributed by atoms with Crippen LogP contribution in [-0.2, 0) is 17.4 Å². The first-order chi connectivity index (χ1) is 12.8. The van der Waals surface area contributed by atoms with E-state index >= 15 is 0 Å². The molecular formula is C20H21F3N2O2. The number of carbonyl (C=O) groups is 1. The second-order valence-electron chi connectivity index (χ2n) is 6.81. The maximum atomic E-state index is 12.9. The number of benzene rings is 1. The van der Waals surface area contributed by atoms with Crippen LogP contribution < -0.4 is 0 Å². The SMILES string of the molecule is O=C(O)C1CCN(C(Cc2ccccn2)c2ccc(C(F)(F)F)cc2)CC1. The highest BCUT2D eigenvalue weighted by Crippen LogP contribution is 2.33. The topological polar surface area (TPSA) is 53.4 Å². The zero-order valence-electron chi connectivity index (χ0n) is 14.7. The number of nitrogens with zero attached hydrogens (tertiary/aromatic N) is 2. The van der Waals surface area contributed by atoms with Crippen molar-refractivity contribution in [3.8, 4) is 0 Å². The third-order valence-electron chi connectivity index (χ3n) is 5.07. The van der Waals surface area contributed by atoms with Gasteiger partial charge in [0.15, 0.2) is 0 Å². The zero-order chi connectivity index (χ0) is 19.4. The van der Waals surface area contributed by atoms with Gasteiger partial charge < -0.3 is 5.11 Å². The molecule has 1 aromatic carbocycles. The van der Waals surface area contributed by atoms with Crippen molar-refractivity contribution in [3.05, 3.63) is 65.5 Å². The molecule has 2 aromatic rings.